The van der Waals surface area contributed by atoms with Crippen LogP contribution in [-0.4, -0.2) is 33.7 Å². The van der Waals surface area contributed by atoms with Crippen molar-refractivity contribution in [1.29, 1.82) is 0 Å². The fourth-order valence-corrected chi connectivity index (χ4v) is 2.71. The summed E-state index contributed by atoms with van der Waals surface area (Å²) >= 11 is 0. The van der Waals surface area contributed by atoms with E-state index >= 15 is 0 Å². The van der Waals surface area contributed by atoms with Gasteiger partial charge < -0.3 is 9.64 Å². The first-order chi connectivity index (χ1) is 12.5. The van der Waals surface area contributed by atoms with E-state index in [2.05, 4.69) is 11.7 Å². The number of allylic oxidation sites excluding steroid dienone is 1. The van der Waals surface area contributed by atoms with Gasteiger partial charge in [-0.25, -0.2) is 8.78 Å². The lowest BCUT2D eigenvalue weighted by Gasteiger charge is -2.27. The van der Waals surface area contributed by atoms with E-state index in [4.69, 9.17) is 4.74 Å². The van der Waals surface area contributed by atoms with Crippen LogP contribution in [0.1, 0.15) is 23.0 Å². The van der Waals surface area contributed by atoms with E-state index in [0.717, 1.165) is 5.69 Å². The minimum absolute atomic E-state index is 0.0422. The Bertz CT molecular complexity index is 852. The maximum Gasteiger partial charge on any atom is 0.254 e. The molecule has 26 heavy (non-hydrogen) atoms. The molecule has 1 aliphatic rings. The zero-order valence-corrected chi connectivity index (χ0v) is 14.4. The fraction of sp³-hybridized carbons (Fsp3) is 0.263. The minimum atomic E-state index is -0.378. The number of halogens is 2. The molecule has 7 heteroatoms. The van der Waals surface area contributed by atoms with Crippen molar-refractivity contribution in [2.24, 2.45) is 0 Å². The predicted octanol–water partition coefficient (Wildman–Crippen LogP) is 3.49. The number of carbonyl (C=O) groups excluding carboxylic acids is 1. The summed E-state index contributed by atoms with van der Waals surface area (Å²) in [6, 6.07) is 7.22. The van der Waals surface area contributed by atoms with Crippen LogP contribution in [0.3, 0.4) is 0 Å². The first kappa shape index (κ1) is 17.8. The molecule has 0 spiro atoms. The smallest absolute Gasteiger partial charge is 0.254 e. The van der Waals surface area contributed by atoms with Gasteiger partial charge in [-0.3, -0.25) is 9.48 Å². The summed E-state index contributed by atoms with van der Waals surface area (Å²) in [5, 5.41) is 4.32. The van der Waals surface area contributed by atoms with Gasteiger partial charge in [0.05, 0.1) is 18.8 Å². The Morgan fingerprint density at radius 2 is 2.08 bits per heavy atom. The van der Waals surface area contributed by atoms with E-state index in [0.29, 0.717) is 36.7 Å². The van der Waals surface area contributed by atoms with Crippen LogP contribution in [0.15, 0.2) is 54.4 Å². The highest BCUT2D eigenvalue weighted by Gasteiger charge is 2.23. The van der Waals surface area contributed by atoms with Gasteiger partial charge in [0.1, 0.15) is 18.3 Å². The summed E-state index contributed by atoms with van der Waals surface area (Å²) in [6.45, 7) is 6.33. The molecule has 0 radical (unpaired) electrons. The first-order valence-electron chi connectivity index (χ1n) is 8.20. The Hall–Kier alpha value is -2.96. The number of aromatic nitrogens is 2. The second kappa shape index (κ2) is 7.51. The molecule has 1 aromatic carbocycles. The molecule has 0 N–H and O–H groups in total. The Labute approximate surface area is 150 Å². The van der Waals surface area contributed by atoms with Crippen LogP contribution in [0.4, 0.5) is 8.78 Å². The van der Waals surface area contributed by atoms with Gasteiger partial charge in [0.25, 0.3) is 5.91 Å². The van der Waals surface area contributed by atoms with Gasteiger partial charge in [0.2, 0.25) is 5.88 Å². The summed E-state index contributed by atoms with van der Waals surface area (Å²) < 4.78 is 33.6. The van der Waals surface area contributed by atoms with Crippen molar-refractivity contribution in [2.45, 2.75) is 20.0 Å². The second-order valence-corrected chi connectivity index (χ2v) is 5.98. The molecule has 2 heterocycles. The molecule has 0 unspecified atom stereocenters. The number of benzene rings is 1. The summed E-state index contributed by atoms with van der Waals surface area (Å²) in [7, 11) is 0. The number of ether oxygens (including phenoxy) is 1. The Morgan fingerprint density at radius 1 is 1.35 bits per heavy atom. The zero-order valence-electron chi connectivity index (χ0n) is 14.4. The molecule has 0 saturated heterocycles. The van der Waals surface area contributed by atoms with E-state index in [1.807, 2.05) is 0 Å². The lowest BCUT2D eigenvalue weighted by molar-refractivity contribution is 0.0706. The SMILES string of the molecule is C=C/C(COc1cc2n(n1)CCN(C(=O)c1ccc(F)cc1)C2)=C(\C)F. The standard InChI is InChI=1S/C19H19F2N3O2/c1-3-14(13(2)20)12-26-18-10-17-11-23(8-9-24(17)22-18)19(25)15-4-6-16(21)7-5-15/h3-7,10H,1,8-9,11-12H2,2H3/b14-13-. The van der Waals surface area contributed by atoms with Gasteiger partial charge >= 0.3 is 0 Å². The number of rotatable bonds is 5. The van der Waals surface area contributed by atoms with E-state index < -0.39 is 0 Å². The topological polar surface area (TPSA) is 47.4 Å². The fourth-order valence-electron chi connectivity index (χ4n) is 2.71. The third-order valence-corrected chi connectivity index (χ3v) is 4.22. The molecular formula is C19H19F2N3O2. The average molecular weight is 359 g/mol. The molecule has 5 nitrogen and oxygen atoms in total. The number of amides is 1. The Kier molecular flexibility index (Phi) is 5.16. The minimum Gasteiger partial charge on any atom is -0.472 e. The van der Waals surface area contributed by atoms with Crippen molar-refractivity contribution in [1.82, 2.24) is 14.7 Å². The molecule has 1 aliphatic heterocycles. The molecular weight excluding hydrogens is 340 g/mol. The molecule has 0 saturated carbocycles. The molecule has 1 aromatic heterocycles. The molecule has 0 fully saturated rings. The Morgan fingerprint density at radius 3 is 2.73 bits per heavy atom. The van der Waals surface area contributed by atoms with Crippen molar-refractivity contribution >= 4 is 5.91 Å². The largest absolute Gasteiger partial charge is 0.472 e. The number of fused-ring (bicyclic) bond motifs is 1. The van der Waals surface area contributed by atoms with E-state index in [1.165, 1.54) is 37.3 Å². The van der Waals surface area contributed by atoms with Crippen LogP contribution < -0.4 is 4.74 Å². The van der Waals surface area contributed by atoms with Gasteiger partial charge in [-0.05, 0) is 31.2 Å². The predicted molar refractivity (Wildman–Crippen MR) is 92.9 cm³/mol. The van der Waals surface area contributed by atoms with Crippen molar-refractivity contribution in [3.63, 3.8) is 0 Å². The maximum absolute atomic E-state index is 13.3. The number of nitrogens with zero attached hydrogens (tertiary/aromatic N) is 3. The molecule has 0 atom stereocenters. The first-order valence-corrected chi connectivity index (χ1v) is 8.20. The quantitative estimate of drug-likeness (QED) is 0.768. The molecule has 1 amide bonds. The summed E-state index contributed by atoms with van der Waals surface area (Å²) in [6.07, 6.45) is 1.41. The number of hydrogen-bond acceptors (Lipinski definition) is 3. The van der Waals surface area contributed by atoms with Gasteiger partial charge in [-0.2, -0.15) is 0 Å². The lowest BCUT2D eigenvalue weighted by atomic mass is 10.1. The van der Waals surface area contributed by atoms with Crippen molar-refractivity contribution in [3.05, 3.63) is 71.5 Å². The van der Waals surface area contributed by atoms with Gasteiger partial charge in [0.15, 0.2) is 0 Å². The third-order valence-electron chi connectivity index (χ3n) is 4.22. The third kappa shape index (κ3) is 3.82. The van der Waals surface area contributed by atoms with Crippen molar-refractivity contribution in [3.8, 4) is 5.88 Å². The van der Waals surface area contributed by atoms with E-state index in [1.54, 1.807) is 15.6 Å². The summed E-state index contributed by atoms with van der Waals surface area (Å²) in [5.74, 6) is -0.516. The summed E-state index contributed by atoms with van der Waals surface area (Å²) in [4.78, 5) is 14.2. The van der Waals surface area contributed by atoms with Gasteiger partial charge in [-0.15, -0.1) is 5.10 Å². The molecule has 0 aliphatic carbocycles. The molecule has 136 valence electrons. The molecule has 3 rings (SSSR count). The number of hydrogen-bond donors (Lipinski definition) is 0. The maximum atomic E-state index is 13.3. The highest BCUT2D eigenvalue weighted by Crippen LogP contribution is 2.20. The lowest BCUT2D eigenvalue weighted by Crippen LogP contribution is -2.38. The highest BCUT2D eigenvalue weighted by atomic mass is 19.1. The molecule has 0 bridgehead atoms. The second-order valence-electron chi connectivity index (χ2n) is 5.98. The van der Waals surface area contributed by atoms with E-state index in [9.17, 15) is 13.6 Å². The average Bonchev–Trinajstić information content (AvgIpc) is 3.04. The normalized spacial score (nSPS) is 14.5. The highest BCUT2D eigenvalue weighted by molar-refractivity contribution is 5.94. The van der Waals surface area contributed by atoms with Crippen LogP contribution >= 0.6 is 0 Å². The van der Waals surface area contributed by atoms with Gasteiger partial charge in [0, 0.05) is 23.7 Å². The van der Waals surface area contributed by atoms with Crippen LogP contribution in [0.25, 0.3) is 0 Å². The van der Waals surface area contributed by atoms with Crippen molar-refractivity contribution in [2.75, 3.05) is 13.2 Å². The van der Waals surface area contributed by atoms with Gasteiger partial charge in [-0.1, -0.05) is 12.7 Å². The monoisotopic (exact) mass is 359 g/mol. The Balaban J connectivity index is 1.68. The zero-order chi connectivity index (χ0) is 18.7. The molecule has 2 aromatic rings. The van der Waals surface area contributed by atoms with Crippen LogP contribution in [-0.2, 0) is 13.1 Å². The van der Waals surface area contributed by atoms with Crippen LogP contribution in [0, 0.1) is 5.82 Å². The summed E-state index contributed by atoms with van der Waals surface area (Å²) in [5.41, 5.74) is 1.63. The van der Waals surface area contributed by atoms with Crippen molar-refractivity contribution < 1.29 is 18.3 Å². The van der Waals surface area contributed by atoms with E-state index in [-0.39, 0.29) is 24.2 Å². The number of carbonyl (C=O) groups is 1. The van der Waals surface area contributed by atoms with Crippen LogP contribution in [0.2, 0.25) is 0 Å². The van der Waals surface area contributed by atoms with Crippen LogP contribution in [0.5, 0.6) is 5.88 Å².